The molecule has 0 amide bonds. The van der Waals surface area contributed by atoms with E-state index in [1.165, 1.54) is 5.56 Å². The molecule has 2 rings (SSSR count). The minimum absolute atomic E-state index is 0.0482. The molecule has 90 valence electrons. The van der Waals surface area contributed by atoms with Crippen LogP contribution in [0, 0.1) is 6.92 Å². The Kier molecular flexibility index (Phi) is 4.05. The quantitative estimate of drug-likeness (QED) is 0.882. The van der Waals surface area contributed by atoms with Gasteiger partial charge in [-0.15, -0.1) is 11.3 Å². The molecule has 4 heteroatoms. The van der Waals surface area contributed by atoms with Gasteiger partial charge >= 0.3 is 0 Å². The SMILES string of the molecule is Cc1ccsc1C(CO)Nc1ccccc1Cl. The van der Waals surface area contributed by atoms with Crippen LogP contribution in [0.2, 0.25) is 5.02 Å². The second-order valence-corrected chi connectivity index (χ2v) is 5.18. The molecule has 0 fully saturated rings. The van der Waals surface area contributed by atoms with E-state index in [0.717, 1.165) is 10.6 Å². The smallest absolute Gasteiger partial charge is 0.0840 e. The summed E-state index contributed by atoms with van der Waals surface area (Å²) in [6, 6.07) is 9.50. The van der Waals surface area contributed by atoms with Crippen LogP contribution in [0.1, 0.15) is 16.5 Å². The lowest BCUT2D eigenvalue weighted by atomic mass is 10.1. The van der Waals surface area contributed by atoms with Crippen molar-refractivity contribution in [2.75, 3.05) is 11.9 Å². The van der Waals surface area contributed by atoms with Crippen molar-refractivity contribution in [1.82, 2.24) is 0 Å². The van der Waals surface area contributed by atoms with E-state index in [1.807, 2.05) is 36.6 Å². The molecule has 1 aromatic heterocycles. The Balaban J connectivity index is 2.22. The number of para-hydroxylation sites is 1. The third-order valence-electron chi connectivity index (χ3n) is 2.60. The molecule has 1 unspecified atom stereocenters. The van der Waals surface area contributed by atoms with Crippen LogP contribution in [-0.4, -0.2) is 11.7 Å². The van der Waals surface area contributed by atoms with Crippen LogP contribution in [0.15, 0.2) is 35.7 Å². The molecule has 0 spiro atoms. The maximum atomic E-state index is 9.48. The standard InChI is InChI=1S/C13H14ClNOS/c1-9-6-7-17-13(9)12(8-16)15-11-5-3-2-4-10(11)14/h2-7,12,15-16H,8H2,1H3. The first-order chi connectivity index (χ1) is 8.22. The maximum absolute atomic E-state index is 9.48. The lowest BCUT2D eigenvalue weighted by Gasteiger charge is -2.18. The molecule has 2 aromatic rings. The van der Waals surface area contributed by atoms with Gasteiger partial charge in [-0.25, -0.2) is 0 Å². The summed E-state index contributed by atoms with van der Waals surface area (Å²) in [6.45, 7) is 2.09. The highest BCUT2D eigenvalue weighted by Crippen LogP contribution is 2.29. The number of benzene rings is 1. The maximum Gasteiger partial charge on any atom is 0.0840 e. The molecule has 2 nitrogen and oxygen atoms in total. The van der Waals surface area contributed by atoms with Crippen LogP contribution in [0.4, 0.5) is 5.69 Å². The van der Waals surface area contributed by atoms with E-state index >= 15 is 0 Å². The lowest BCUT2D eigenvalue weighted by Crippen LogP contribution is -2.14. The van der Waals surface area contributed by atoms with Crippen LogP contribution in [0.3, 0.4) is 0 Å². The number of halogens is 1. The zero-order valence-corrected chi connectivity index (χ0v) is 11.1. The van der Waals surface area contributed by atoms with Crippen LogP contribution in [-0.2, 0) is 0 Å². The molecule has 0 saturated heterocycles. The van der Waals surface area contributed by atoms with Crippen molar-refractivity contribution in [2.45, 2.75) is 13.0 Å². The largest absolute Gasteiger partial charge is 0.394 e. The van der Waals surface area contributed by atoms with E-state index in [1.54, 1.807) is 11.3 Å². The zero-order valence-electron chi connectivity index (χ0n) is 9.48. The normalized spacial score (nSPS) is 12.4. The van der Waals surface area contributed by atoms with Gasteiger partial charge in [-0.3, -0.25) is 0 Å². The molecule has 0 saturated carbocycles. The molecule has 0 aliphatic heterocycles. The molecule has 0 bridgehead atoms. The van der Waals surface area contributed by atoms with Crippen molar-refractivity contribution in [3.05, 3.63) is 51.2 Å². The van der Waals surface area contributed by atoms with Gasteiger partial charge in [0.25, 0.3) is 0 Å². The van der Waals surface area contributed by atoms with Gasteiger partial charge in [0.1, 0.15) is 0 Å². The van der Waals surface area contributed by atoms with Crippen molar-refractivity contribution in [3.63, 3.8) is 0 Å². The van der Waals surface area contributed by atoms with Crippen molar-refractivity contribution in [1.29, 1.82) is 0 Å². The number of aryl methyl sites for hydroxylation is 1. The number of aliphatic hydroxyl groups excluding tert-OH is 1. The summed E-state index contributed by atoms with van der Waals surface area (Å²) in [4.78, 5) is 1.15. The third-order valence-corrected chi connectivity index (χ3v) is 4.07. The third kappa shape index (κ3) is 2.80. The highest BCUT2D eigenvalue weighted by atomic mass is 35.5. The second kappa shape index (κ2) is 5.54. The minimum atomic E-state index is -0.102. The van der Waals surface area contributed by atoms with E-state index < -0.39 is 0 Å². The van der Waals surface area contributed by atoms with E-state index in [2.05, 4.69) is 11.4 Å². The second-order valence-electron chi connectivity index (χ2n) is 3.83. The fraction of sp³-hybridized carbons (Fsp3) is 0.231. The number of anilines is 1. The Labute approximate surface area is 110 Å². The number of aliphatic hydroxyl groups is 1. The molecular formula is C13H14ClNOS. The van der Waals surface area contributed by atoms with Crippen LogP contribution in [0.5, 0.6) is 0 Å². The first-order valence-corrected chi connectivity index (χ1v) is 6.64. The molecule has 1 atom stereocenters. The van der Waals surface area contributed by atoms with Crippen molar-refractivity contribution < 1.29 is 5.11 Å². The zero-order chi connectivity index (χ0) is 12.3. The first-order valence-electron chi connectivity index (χ1n) is 5.38. The Bertz CT molecular complexity index is 498. The Morgan fingerprint density at radius 3 is 2.71 bits per heavy atom. The molecule has 0 aliphatic rings. The number of rotatable bonds is 4. The van der Waals surface area contributed by atoms with Gasteiger partial charge in [0, 0.05) is 4.88 Å². The Morgan fingerprint density at radius 2 is 2.12 bits per heavy atom. The highest BCUT2D eigenvalue weighted by Gasteiger charge is 2.14. The predicted octanol–water partition coefficient (Wildman–Crippen LogP) is 3.86. The summed E-state index contributed by atoms with van der Waals surface area (Å²) in [6.07, 6.45) is 0. The molecule has 2 N–H and O–H groups in total. The predicted molar refractivity (Wildman–Crippen MR) is 74.0 cm³/mol. The summed E-state index contributed by atoms with van der Waals surface area (Å²) in [5, 5.41) is 15.4. The van der Waals surface area contributed by atoms with Gasteiger partial charge in [-0.1, -0.05) is 23.7 Å². The summed E-state index contributed by atoms with van der Waals surface area (Å²) >= 11 is 7.73. The molecular weight excluding hydrogens is 254 g/mol. The van der Waals surface area contributed by atoms with Crippen molar-refractivity contribution >= 4 is 28.6 Å². The number of hydrogen-bond donors (Lipinski definition) is 2. The fourth-order valence-corrected chi connectivity index (χ4v) is 2.86. The fourth-order valence-electron chi connectivity index (χ4n) is 1.70. The van der Waals surface area contributed by atoms with Gasteiger partial charge in [0.2, 0.25) is 0 Å². The van der Waals surface area contributed by atoms with E-state index in [-0.39, 0.29) is 12.6 Å². The Hall–Kier alpha value is -1.03. The number of nitrogens with one attached hydrogen (secondary N) is 1. The van der Waals surface area contributed by atoms with Crippen molar-refractivity contribution in [3.8, 4) is 0 Å². The van der Waals surface area contributed by atoms with E-state index in [9.17, 15) is 5.11 Å². The molecule has 1 heterocycles. The van der Waals surface area contributed by atoms with Gasteiger partial charge in [-0.2, -0.15) is 0 Å². The van der Waals surface area contributed by atoms with Gasteiger partial charge in [0.05, 0.1) is 23.4 Å². The summed E-state index contributed by atoms with van der Waals surface area (Å²) < 4.78 is 0. The van der Waals surface area contributed by atoms with Gasteiger partial charge in [-0.05, 0) is 36.1 Å². The minimum Gasteiger partial charge on any atom is -0.394 e. The van der Waals surface area contributed by atoms with Gasteiger partial charge < -0.3 is 10.4 Å². The molecule has 0 radical (unpaired) electrons. The summed E-state index contributed by atoms with van der Waals surface area (Å²) in [7, 11) is 0. The molecule has 1 aromatic carbocycles. The monoisotopic (exact) mass is 267 g/mol. The average Bonchev–Trinajstić information content (AvgIpc) is 2.75. The topological polar surface area (TPSA) is 32.3 Å². The van der Waals surface area contributed by atoms with Crippen LogP contribution < -0.4 is 5.32 Å². The molecule has 17 heavy (non-hydrogen) atoms. The van der Waals surface area contributed by atoms with Crippen LogP contribution >= 0.6 is 22.9 Å². The first kappa shape index (κ1) is 12.4. The average molecular weight is 268 g/mol. The summed E-state index contributed by atoms with van der Waals surface area (Å²) in [5.41, 5.74) is 2.04. The van der Waals surface area contributed by atoms with E-state index in [4.69, 9.17) is 11.6 Å². The van der Waals surface area contributed by atoms with Gasteiger partial charge in [0.15, 0.2) is 0 Å². The lowest BCUT2D eigenvalue weighted by molar-refractivity contribution is 0.277. The number of hydrogen-bond acceptors (Lipinski definition) is 3. The van der Waals surface area contributed by atoms with Crippen LogP contribution in [0.25, 0.3) is 0 Å². The molecule has 0 aliphatic carbocycles. The Morgan fingerprint density at radius 1 is 1.35 bits per heavy atom. The highest BCUT2D eigenvalue weighted by molar-refractivity contribution is 7.10. The van der Waals surface area contributed by atoms with Crippen molar-refractivity contribution in [2.24, 2.45) is 0 Å². The number of thiophene rings is 1. The summed E-state index contributed by atoms with van der Waals surface area (Å²) in [5.74, 6) is 0. The van der Waals surface area contributed by atoms with E-state index in [0.29, 0.717) is 5.02 Å².